The van der Waals surface area contributed by atoms with Gasteiger partial charge in [0.2, 0.25) is 5.43 Å². The van der Waals surface area contributed by atoms with Gasteiger partial charge in [0.1, 0.15) is 17.4 Å². The maximum Gasteiger partial charge on any atom is 0.341 e. The van der Waals surface area contributed by atoms with E-state index in [1.165, 1.54) is 11.7 Å². The summed E-state index contributed by atoms with van der Waals surface area (Å²) in [5, 5.41) is 9.18. The molecule has 33 heavy (non-hydrogen) atoms. The number of benzene rings is 1. The van der Waals surface area contributed by atoms with Gasteiger partial charge in [-0.1, -0.05) is 0 Å². The molecule has 2 saturated carbocycles. The fourth-order valence-electron chi connectivity index (χ4n) is 5.42. The van der Waals surface area contributed by atoms with Gasteiger partial charge in [-0.15, -0.1) is 0 Å². The third-order valence-electron chi connectivity index (χ3n) is 7.16. The standard InChI is InChI=1S/C22H23F4N3O4/c1-33-19-16-11(18(30)12(20(31)32)7-29(16)15-5-13(15)23)4-14(24)17(19)28-3-2-10(6-28)21(27)8-22(25,26)9-21/h4,7,10,13,15H,2-3,5-6,8-9,27H2,1H3,(H,31,32)/t10?,13-,15-/m1/s1. The molecule has 1 aromatic carbocycles. The Morgan fingerprint density at radius 1 is 1.33 bits per heavy atom. The number of aromatic carboxylic acids is 1. The van der Waals surface area contributed by atoms with Crippen molar-refractivity contribution >= 4 is 22.6 Å². The zero-order valence-corrected chi connectivity index (χ0v) is 17.8. The van der Waals surface area contributed by atoms with Gasteiger partial charge in [-0.2, -0.15) is 0 Å². The zero-order valence-electron chi connectivity index (χ0n) is 17.8. The van der Waals surface area contributed by atoms with Crippen molar-refractivity contribution in [3.8, 4) is 5.75 Å². The summed E-state index contributed by atoms with van der Waals surface area (Å²) < 4.78 is 63.1. The number of aromatic nitrogens is 1. The van der Waals surface area contributed by atoms with Gasteiger partial charge in [-0.05, 0) is 18.4 Å². The van der Waals surface area contributed by atoms with Crippen LogP contribution in [0.2, 0.25) is 0 Å². The molecular formula is C22H23F4N3O4. The number of carboxylic acid groups (broad SMARTS) is 1. The van der Waals surface area contributed by atoms with Crippen LogP contribution in [0, 0.1) is 11.7 Å². The number of methoxy groups -OCH3 is 1. The van der Waals surface area contributed by atoms with Crippen molar-refractivity contribution in [1.29, 1.82) is 0 Å². The van der Waals surface area contributed by atoms with Gasteiger partial charge < -0.3 is 25.0 Å². The summed E-state index contributed by atoms with van der Waals surface area (Å²) in [6.45, 7) is 0.554. The number of ether oxygens (including phenoxy) is 1. The summed E-state index contributed by atoms with van der Waals surface area (Å²) in [6.07, 6.45) is -0.404. The molecule has 2 aromatic rings. The lowest BCUT2D eigenvalue weighted by Crippen LogP contribution is -2.63. The zero-order chi connectivity index (χ0) is 23.9. The average molecular weight is 469 g/mol. The summed E-state index contributed by atoms with van der Waals surface area (Å²) >= 11 is 0. The first kappa shape index (κ1) is 22.0. The molecule has 1 aromatic heterocycles. The third kappa shape index (κ3) is 3.35. The highest BCUT2D eigenvalue weighted by Crippen LogP contribution is 2.51. The largest absolute Gasteiger partial charge is 0.492 e. The number of nitrogens with zero attached hydrogens (tertiary/aromatic N) is 2. The molecule has 11 heteroatoms. The Hall–Kier alpha value is -2.82. The molecule has 7 nitrogen and oxygen atoms in total. The number of anilines is 1. The molecule has 178 valence electrons. The van der Waals surface area contributed by atoms with Crippen LogP contribution in [-0.2, 0) is 0 Å². The minimum Gasteiger partial charge on any atom is -0.492 e. The van der Waals surface area contributed by atoms with Gasteiger partial charge >= 0.3 is 5.97 Å². The van der Waals surface area contributed by atoms with Crippen LogP contribution in [0.25, 0.3) is 10.9 Å². The van der Waals surface area contributed by atoms with Crippen LogP contribution < -0.4 is 20.8 Å². The molecule has 0 bridgehead atoms. The number of pyridine rings is 1. The lowest BCUT2D eigenvalue weighted by atomic mass is 9.66. The maximum atomic E-state index is 15.4. The molecule has 2 heterocycles. The molecule has 2 aliphatic carbocycles. The first-order valence-corrected chi connectivity index (χ1v) is 10.7. The Morgan fingerprint density at radius 2 is 2.00 bits per heavy atom. The van der Waals surface area contributed by atoms with Crippen molar-refractivity contribution in [3.05, 3.63) is 33.9 Å². The highest BCUT2D eigenvalue weighted by Gasteiger charge is 2.58. The molecule has 0 radical (unpaired) electrons. The molecule has 3 aliphatic rings. The molecule has 0 spiro atoms. The van der Waals surface area contributed by atoms with E-state index in [4.69, 9.17) is 10.5 Å². The third-order valence-corrected chi connectivity index (χ3v) is 7.16. The fraction of sp³-hybridized carbons (Fsp3) is 0.545. The van der Waals surface area contributed by atoms with E-state index in [9.17, 15) is 27.9 Å². The molecule has 3 fully saturated rings. The number of nitrogens with two attached hydrogens (primary N) is 1. The fourth-order valence-corrected chi connectivity index (χ4v) is 5.42. The number of hydrogen-bond acceptors (Lipinski definition) is 5. The molecule has 1 aliphatic heterocycles. The van der Waals surface area contributed by atoms with Crippen LogP contribution in [0.5, 0.6) is 5.75 Å². The minimum absolute atomic E-state index is 0.0227. The first-order valence-electron chi connectivity index (χ1n) is 10.7. The van der Waals surface area contributed by atoms with Crippen LogP contribution in [0.1, 0.15) is 42.1 Å². The number of carbonyl (C=O) groups is 1. The van der Waals surface area contributed by atoms with Gasteiger partial charge in [0.15, 0.2) is 11.6 Å². The number of alkyl halides is 3. The normalized spacial score (nSPS) is 27.5. The van der Waals surface area contributed by atoms with Gasteiger partial charge in [-0.3, -0.25) is 4.79 Å². The van der Waals surface area contributed by atoms with Crippen molar-refractivity contribution in [3.63, 3.8) is 0 Å². The smallest absolute Gasteiger partial charge is 0.341 e. The Balaban J connectivity index is 1.62. The molecule has 1 saturated heterocycles. The maximum absolute atomic E-state index is 15.4. The van der Waals surface area contributed by atoms with Crippen LogP contribution in [-0.4, -0.2) is 53.5 Å². The summed E-state index contributed by atoms with van der Waals surface area (Å²) in [4.78, 5) is 26.0. The number of fused-ring (bicyclic) bond motifs is 1. The summed E-state index contributed by atoms with van der Waals surface area (Å²) in [5.41, 5.74) is 3.81. The van der Waals surface area contributed by atoms with Gasteiger partial charge in [0.05, 0.1) is 24.1 Å². The van der Waals surface area contributed by atoms with Crippen LogP contribution >= 0.6 is 0 Å². The summed E-state index contributed by atoms with van der Waals surface area (Å²) in [5.74, 6) is -5.41. The molecule has 5 rings (SSSR count). The van der Waals surface area contributed by atoms with Crippen molar-refractivity contribution in [1.82, 2.24) is 4.57 Å². The highest BCUT2D eigenvalue weighted by atomic mass is 19.3. The Kier molecular flexibility index (Phi) is 4.72. The molecular weight excluding hydrogens is 446 g/mol. The molecule has 3 N–H and O–H groups in total. The second-order valence-corrected chi connectivity index (χ2v) is 9.41. The Labute approximate surface area is 185 Å². The first-order chi connectivity index (χ1) is 15.5. The quantitative estimate of drug-likeness (QED) is 0.654. The van der Waals surface area contributed by atoms with E-state index >= 15 is 4.39 Å². The number of halogens is 4. The lowest BCUT2D eigenvalue weighted by Gasteiger charge is -2.48. The second kappa shape index (κ2) is 7.09. The van der Waals surface area contributed by atoms with E-state index in [1.807, 2.05) is 0 Å². The van der Waals surface area contributed by atoms with Crippen molar-refractivity contribution < 1.29 is 32.2 Å². The van der Waals surface area contributed by atoms with Gasteiger partial charge in [0.25, 0.3) is 5.92 Å². The number of carboxylic acids is 1. The number of rotatable bonds is 5. The minimum atomic E-state index is -2.79. The monoisotopic (exact) mass is 469 g/mol. The van der Waals surface area contributed by atoms with E-state index in [-0.39, 0.29) is 41.2 Å². The molecule has 0 amide bonds. The van der Waals surface area contributed by atoms with Crippen molar-refractivity contribution in [2.24, 2.45) is 11.7 Å². The topological polar surface area (TPSA) is 97.8 Å². The average Bonchev–Trinajstić information content (AvgIpc) is 3.22. The molecule has 3 atom stereocenters. The van der Waals surface area contributed by atoms with E-state index in [0.717, 1.165) is 12.3 Å². The predicted molar refractivity (Wildman–Crippen MR) is 112 cm³/mol. The highest BCUT2D eigenvalue weighted by molar-refractivity contribution is 5.97. The summed E-state index contributed by atoms with van der Waals surface area (Å²) in [7, 11) is 1.28. The van der Waals surface area contributed by atoms with E-state index in [0.29, 0.717) is 13.0 Å². The van der Waals surface area contributed by atoms with Gasteiger partial charge in [0, 0.05) is 44.1 Å². The number of hydrogen-bond donors (Lipinski definition) is 2. The van der Waals surface area contributed by atoms with E-state index in [1.54, 1.807) is 4.90 Å². The van der Waals surface area contributed by atoms with Crippen molar-refractivity contribution in [2.45, 2.75) is 49.4 Å². The Morgan fingerprint density at radius 3 is 2.55 bits per heavy atom. The van der Waals surface area contributed by atoms with Crippen molar-refractivity contribution in [2.75, 3.05) is 25.1 Å². The molecule has 1 unspecified atom stereocenters. The van der Waals surface area contributed by atoms with E-state index < -0.39 is 59.3 Å². The second-order valence-electron chi connectivity index (χ2n) is 9.41. The van der Waals surface area contributed by atoms with Crippen LogP contribution in [0.15, 0.2) is 17.1 Å². The predicted octanol–water partition coefficient (Wildman–Crippen LogP) is 3.08. The van der Waals surface area contributed by atoms with Crippen LogP contribution in [0.3, 0.4) is 0 Å². The Bertz CT molecular complexity index is 1220. The van der Waals surface area contributed by atoms with Gasteiger partial charge in [-0.25, -0.2) is 22.4 Å². The van der Waals surface area contributed by atoms with E-state index in [2.05, 4.69) is 0 Å². The SMILES string of the molecule is COc1c(N2CCC(C3(N)CC(F)(F)C3)C2)c(F)cc2c(=O)c(C(=O)O)cn([C@@H]3C[C@H]3F)c12. The summed E-state index contributed by atoms with van der Waals surface area (Å²) in [6, 6.07) is 0.242. The lowest BCUT2D eigenvalue weighted by molar-refractivity contribution is -0.136. The van der Waals surface area contributed by atoms with Crippen LogP contribution in [0.4, 0.5) is 23.2 Å².